The van der Waals surface area contributed by atoms with Crippen LogP contribution in [-0.2, 0) is 0 Å². The fourth-order valence-corrected chi connectivity index (χ4v) is 0. The van der Waals surface area contributed by atoms with Crippen molar-refractivity contribution in [1.82, 2.24) is 0 Å². The van der Waals surface area contributed by atoms with Crippen molar-refractivity contribution in [3.8, 4) is 5.66 Å². The van der Waals surface area contributed by atoms with Crippen LogP contribution >= 0.6 is 16.4 Å². The molecular weight excluding hydrogens is 86.0 g/mol. The van der Waals surface area contributed by atoms with E-state index in [0.717, 1.165) is 0 Å². The molecule has 0 rings (SSSR count). The van der Waals surface area contributed by atoms with E-state index in [-0.39, 0.29) is 0 Å². The van der Waals surface area contributed by atoms with Crippen molar-refractivity contribution in [2.45, 2.75) is 0 Å². The first kappa shape index (κ1) is 4.38. The van der Waals surface area contributed by atoms with Gasteiger partial charge in [-0.3, -0.25) is 0 Å². The molecule has 4 heavy (non-hydrogen) atoms. The van der Waals surface area contributed by atoms with E-state index in [2.05, 4.69) is 8.53 Å². The van der Waals surface area contributed by atoms with Crippen LogP contribution in [0.5, 0.6) is 0 Å². The summed E-state index contributed by atoms with van der Waals surface area (Å²) >= 11 is 0. The molecule has 0 aromatic heterocycles. The van der Waals surface area contributed by atoms with E-state index >= 15 is 0 Å². The molecule has 0 spiro atoms. The Bertz CT molecular complexity index is 49.5. The van der Waals surface area contributed by atoms with E-state index in [1.807, 2.05) is 5.66 Å². The van der Waals surface area contributed by atoms with Crippen molar-refractivity contribution in [3.63, 3.8) is 0 Å². The van der Waals surface area contributed by atoms with Gasteiger partial charge < -0.3 is 0 Å². The van der Waals surface area contributed by atoms with Crippen LogP contribution in [0.15, 0.2) is 0 Å². The Morgan fingerprint density at radius 3 is 2.25 bits per heavy atom. The Labute approximate surface area is 29.4 Å². The van der Waals surface area contributed by atoms with Gasteiger partial charge in [0.05, 0.1) is 0 Å². The Kier molecular flexibility index (Phi) is 3.70. The summed E-state index contributed by atoms with van der Waals surface area (Å²) in [4.78, 5) is 0. The van der Waals surface area contributed by atoms with Gasteiger partial charge in [-0.25, -0.2) is 0 Å². The maximum atomic E-state index is 6.11. The molecule has 0 aliphatic carbocycles. The molecule has 0 radical (unpaired) electrons. The Balaban J connectivity index is 2.92. The third kappa shape index (κ3) is 2.38. The summed E-state index contributed by atoms with van der Waals surface area (Å²) in [7, 11) is 4.20. The quantitative estimate of drug-likeness (QED) is 0.239. The summed E-state index contributed by atoms with van der Waals surface area (Å²) in [5, 5.41) is 0. The summed E-state index contributed by atoms with van der Waals surface area (Å²) < 4.78 is 0. The van der Waals surface area contributed by atoms with E-state index in [4.69, 9.17) is 6.42 Å². The Morgan fingerprint density at radius 1 is 2.00 bits per heavy atom. The van der Waals surface area contributed by atoms with Crippen LogP contribution < -0.4 is 0 Å². The van der Waals surface area contributed by atoms with Gasteiger partial charge in [0.25, 0.3) is 0 Å². The molecule has 0 atom stereocenters. The van der Waals surface area contributed by atoms with Crippen molar-refractivity contribution in [1.29, 1.82) is 0 Å². The van der Waals surface area contributed by atoms with Gasteiger partial charge in [-0.05, 0) is 0 Å². The normalized spacial score (nSPS) is 6.50. The van der Waals surface area contributed by atoms with Gasteiger partial charge in [0.2, 0.25) is 0 Å². The van der Waals surface area contributed by atoms with Gasteiger partial charge in [-0.1, -0.05) is 0 Å². The van der Waals surface area contributed by atoms with Gasteiger partial charge in [-0.2, -0.15) is 0 Å². The van der Waals surface area contributed by atoms with E-state index in [1.165, 1.54) is 0 Å². The SMILES string of the molecule is [C+]#CP=[P-]. The first-order chi connectivity index (χ1) is 1.91. The molecule has 0 saturated heterocycles. The van der Waals surface area contributed by atoms with E-state index < -0.39 is 0 Å². The molecule has 0 aromatic carbocycles. The minimum absolute atomic E-state index is 0.610. The molecule has 18 valence electrons. The van der Waals surface area contributed by atoms with Crippen LogP contribution in [0.1, 0.15) is 0 Å². The summed E-state index contributed by atoms with van der Waals surface area (Å²) in [5.74, 6) is 0. The molecule has 0 aliphatic rings. The summed E-state index contributed by atoms with van der Waals surface area (Å²) in [6, 6.07) is 0. The first-order valence-corrected chi connectivity index (χ1v) is 2.72. The average Bonchev–Trinajstić information content (AvgIpc) is 1.37. The zero-order valence-electron chi connectivity index (χ0n) is 1.89. The van der Waals surface area contributed by atoms with Gasteiger partial charge in [-0.15, -0.1) is 0 Å². The zero-order chi connectivity index (χ0) is 3.41. The van der Waals surface area contributed by atoms with Crippen LogP contribution in [0.3, 0.4) is 0 Å². The summed E-state index contributed by atoms with van der Waals surface area (Å²) in [5.41, 5.74) is 2.02. The second-order valence-corrected chi connectivity index (χ2v) is 1.24. The summed E-state index contributed by atoms with van der Waals surface area (Å²) in [6.45, 7) is 0. The molecule has 0 nitrogen and oxygen atoms in total. The topological polar surface area (TPSA) is 0 Å². The molecule has 0 bridgehead atoms. The van der Waals surface area contributed by atoms with Crippen LogP contribution in [-0.4, -0.2) is 0 Å². The van der Waals surface area contributed by atoms with Crippen molar-refractivity contribution in [3.05, 3.63) is 6.42 Å². The van der Waals surface area contributed by atoms with Gasteiger partial charge >= 0.3 is 28.5 Å². The minimum atomic E-state index is 0.610. The third-order valence-corrected chi connectivity index (χ3v) is 0.450. The van der Waals surface area contributed by atoms with Crippen molar-refractivity contribution < 1.29 is 0 Å². The number of rotatable bonds is 0. The molecule has 0 fully saturated rings. The van der Waals surface area contributed by atoms with Crippen molar-refractivity contribution >= 4 is 16.4 Å². The van der Waals surface area contributed by atoms with Gasteiger partial charge in [0.1, 0.15) is 0 Å². The van der Waals surface area contributed by atoms with Crippen LogP contribution in [0.2, 0.25) is 0 Å². The molecule has 0 heterocycles. The Hall–Kier alpha value is 0.380. The molecule has 2 heteroatoms. The molecule has 0 amide bonds. The predicted octanol–water partition coefficient (Wildman–Crippen LogP) is 1.81. The third-order valence-electron chi connectivity index (χ3n) is 0.0500. The molecule has 0 saturated carbocycles. The fraction of sp³-hybridized carbons (Fsp3) is 0. The molecule has 0 N–H and O–H groups in total. The van der Waals surface area contributed by atoms with Gasteiger partial charge in [0, 0.05) is 0 Å². The van der Waals surface area contributed by atoms with Crippen LogP contribution in [0.4, 0.5) is 0 Å². The summed E-state index contributed by atoms with van der Waals surface area (Å²) in [6.07, 6.45) is 6.11. The monoisotopic (exact) mass is 85.9 g/mol. The van der Waals surface area contributed by atoms with E-state index in [9.17, 15) is 0 Å². The molecule has 0 unspecified atom stereocenters. The zero-order valence-corrected chi connectivity index (χ0v) is 3.68. The number of hydrogen-bond donors (Lipinski definition) is 0. The average molecular weight is 86.0 g/mol. The molecular formula is C2P2. The fourth-order valence-electron chi connectivity index (χ4n) is 0. The number of hydrogen-bond acceptors (Lipinski definition) is 0. The van der Waals surface area contributed by atoms with Gasteiger partial charge in [0.15, 0.2) is 0 Å². The molecule has 0 aromatic rings. The van der Waals surface area contributed by atoms with Crippen molar-refractivity contribution in [2.75, 3.05) is 0 Å². The van der Waals surface area contributed by atoms with Crippen molar-refractivity contribution in [2.24, 2.45) is 0 Å². The Morgan fingerprint density at radius 2 is 2.25 bits per heavy atom. The van der Waals surface area contributed by atoms with Crippen LogP contribution in [0.25, 0.3) is 0 Å². The predicted molar refractivity (Wildman–Crippen MR) is 21.0 cm³/mol. The second-order valence-electron chi connectivity index (χ2n) is 0.212. The maximum absolute atomic E-state index is 6.11. The van der Waals surface area contributed by atoms with E-state index in [0.29, 0.717) is 7.87 Å². The molecule has 0 aliphatic heterocycles. The van der Waals surface area contributed by atoms with E-state index in [1.54, 1.807) is 0 Å². The second kappa shape index (κ2) is 3.38. The standard InChI is InChI=1S/C2P2/c1-2-4-3. The van der Waals surface area contributed by atoms with Crippen LogP contribution in [0, 0.1) is 12.1 Å². The first-order valence-electron chi connectivity index (χ1n) is 0.674.